The maximum absolute atomic E-state index is 10.7. The summed E-state index contributed by atoms with van der Waals surface area (Å²) in [7, 11) is 0. The fraction of sp³-hybridized carbons (Fsp3) is 0.556. The maximum atomic E-state index is 10.7. The molecule has 0 saturated heterocycles. The van der Waals surface area contributed by atoms with Crippen molar-refractivity contribution < 1.29 is 52.1 Å². The van der Waals surface area contributed by atoms with E-state index in [1.165, 1.54) is 6.92 Å². The summed E-state index contributed by atoms with van der Waals surface area (Å²) < 4.78 is 4.53. The topological polar surface area (TPSA) is 63.6 Å². The number of carbonyl (C=O) groups excluding carboxylic acids is 1. The molecule has 1 radical (unpaired) electrons. The molecule has 0 rings (SSSR count). The van der Waals surface area contributed by atoms with Gasteiger partial charge in [0.1, 0.15) is 6.61 Å². The van der Waals surface area contributed by atoms with Gasteiger partial charge in [0.25, 0.3) is 0 Å². The van der Waals surface area contributed by atoms with E-state index in [2.05, 4.69) is 11.7 Å². The Kier molecular flexibility index (Phi) is 11.5. The van der Waals surface area contributed by atoms with Crippen LogP contribution in [0.1, 0.15) is 20.3 Å². The molecule has 0 aromatic heterocycles. The minimum atomic E-state index is -0.993. The van der Waals surface area contributed by atoms with Crippen molar-refractivity contribution in [1.82, 2.24) is 0 Å². The first kappa shape index (κ1) is 19.5. The van der Waals surface area contributed by atoms with Crippen LogP contribution in [0.2, 0.25) is 0 Å². The summed E-state index contributed by atoms with van der Waals surface area (Å²) in [5.74, 6) is -1.66. The van der Waals surface area contributed by atoms with Gasteiger partial charge in [-0.05, 0) is 13.3 Å². The standard InChI is InChI=1S/C8H13O4.CH3.Y/c1-4-8(3,7(10)11)5-12-6(2)9;;/h2,4-5H2,1,3H3,(H,10,11);1H3;/q2*-1;. The van der Waals surface area contributed by atoms with Crippen LogP contribution in [-0.2, 0) is 47.0 Å². The average Bonchev–Trinajstić information content (AvgIpc) is 1.99. The van der Waals surface area contributed by atoms with Crippen LogP contribution in [0, 0.1) is 19.8 Å². The zero-order chi connectivity index (χ0) is 9.78. The number of hydrogen-bond donors (Lipinski definition) is 1. The number of carboxylic acids is 1. The van der Waals surface area contributed by atoms with Gasteiger partial charge in [0.15, 0.2) is 5.97 Å². The van der Waals surface area contributed by atoms with Gasteiger partial charge in [0, 0.05) is 32.7 Å². The third-order valence-corrected chi connectivity index (χ3v) is 1.85. The predicted molar refractivity (Wildman–Crippen MR) is 48.8 cm³/mol. The molecule has 1 unspecified atom stereocenters. The number of aliphatic carboxylic acids is 1. The van der Waals surface area contributed by atoms with E-state index in [1.54, 1.807) is 6.92 Å². The van der Waals surface area contributed by atoms with Gasteiger partial charge in [-0.1, -0.05) is 6.92 Å². The third kappa shape index (κ3) is 6.38. The Balaban J connectivity index is -0.000000605. The Bertz CT molecular complexity index is 193. The van der Waals surface area contributed by atoms with Gasteiger partial charge in [-0.2, -0.15) is 0 Å². The minimum Gasteiger partial charge on any atom is -0.487 e. The molecule has 0 aliphatic carbocycles. The van der Waals surface area contributed by atoms with E-state index in [9.17, 15) is 9.59 Å². The van der Waals surface area contributed by atoms with Gasteiger partial charge >= 0.3 is 5.97 Å². The number of rotatable bonds is 4. The van der Waals surface area contributed by atoms with E-state index in [0.717, 1.165) is 0 Å². The van der Waals surface area contributed by atoms with Crippen molar-refractivity contribution >= 4 is 11.9 Å². The molecule has 0 saturated carbocycles. The van der Waals surface area contributed by atoms with Crippen molar-refractivity contribution in [2.45, 2.75) is 20.3 Å². The molecule has 0 fully saturated rings. The molecule has 4 nitrogen and oxygen atoms in total. The second-order valence-corrected chi connectivity index (χ2v) is 2.88. The number of ether oxygens (including phenoxy) is 1. The van der Waals surface area contributed by atoms with Gasteiger partial charge in [-0.25, -0.2) is 0 Å². The Labute approximate surface area is 110 Å². The molecule has 0 aliphatic rings. The third-order valence-electron chi connectivity index (χ3n) is 1.85. The molecule has 0 spiro atoms. The molecule has 0 aliphatic heterocycles. The summed E-state index contributed by atoms with van der Waals surface area (Å²) in [6.45, 7) is 6.11. The van der Waals surface area contributed by atoms with Gasteiger partial charge < -0.3 is 17.3 Å². The van der Waals surface area contributed by atoms with Gasteiger partial charge in [0.2, 0.25) is 0 Å². The monoisotopic (exact) mass is 277 g/mol. The normalized spacial score (nSPS) is 12.7. The molecular formula is C9H16O4Y-2. The van der Waals surface area contributed by atoms with E-state index in [-0.39, 0.29) is 46.7 Å². The Morgan fingerprint density at radius 3 is 2.14 bits per heavy atom. The largest absolute Gasteiger partial charge is 0.487 e. The van der Waals surface area contributed by atoms with E-state index in [1.807, 2.05) is 0 Å². The second-order valence-electron chi connectivity index (χ2n) is 2.88. The zero-order valence-electron chi connectivity index (χ0n) is 8.87. The SMILES string of the molecule is [CH2-]C(=O)OCC(C)(CC)C(=O)O.[CH3-].[Y]. The van der Waals surface area contributed by atoms with Crippen LogP contribution in [0.5, 0.6) is 0 Å². The fourth-order valence-corrected chi connectivity index (χ4v) is 0.555. The van der Waals surface area contributed by atoms with Crippen LogP contribution in [0.4, 0.5) is 0 Å². The Hall–Kier alpha value is -0.0861. The molecule has 0 aromatic carbocycles. The maximum Gasteiger partial charge on any atom is 0.312 e. The molecule has 0 amide bonds. The van der Waals surface area contributed by atoms with Gasteiger partial charge in [0.05, 0.1) is 5.41 Å². The predicted octanol–water partition coefficient (Wildman–Crippen LogP) is 1.31. The summed E-state index contributed by atoms with van der Waals surface area (Å²) in [6.07, 6.45) is 0.412. The first-order valence-electron chi connectivity index (χ1n) is 3.64. The molecule has 81 valence electrons. The van der Waals surface area contributed by atoms with Crippen molar-refractivity contribution in [1.29, 1.82) is 0 Å². The minimum absolute atomic E-state index is 0. The quantitative estimate of drug-likeness (QED) is 0.621. The fourth-order valence-electron chi connectivity index (χ4n) is 0.555. The van der Waals surface area contributed by atoms with E-state index < -0.39 is 17.4 Å². The van der Waals surface area contributed by atoms with Crippen molar-refractivity contribution in [3.63, 3.8) is 0 Å². The molecule has 5 heteroatoms. The van der Waals surface area contributed by atoms with Crippen molar-refractivity contribution in [3.8, 4) is 0 Å². The molecule has 0 heterocycles. The van der Waals surface area contributed by atoms with Crippen LogP contribution in [-0.4, -0.2) is 23.7 Å². The Morgan fingerprint density at radius 1 is 1.50 bits per heavy atom. The summed E-state index contributed by atoms with van der Waals surface area (Å²) in [5.41, 5.74) is -0.993. The summed E-state index contributed by atoms with van der Waals surface area (Å²) in [5, 5.41) is 8.73. The van der Waals surface area contributed by atoms with Crippen LogP contribution in [0.25, 0.3) is 0 Å². The van der Waals surface area contributed by atoms with Crippen LogP contribution < -0.4 is 0 Å². The van der Waals surface area contributed by atoms with Gasteiger partial charge in [-0.3, -0.25) is 16.5 Å². The summed E-state index contributed by atoms with van der Waals surface area (Å²) >= 11 is 0. The first-order chi connectivity index (χ1) is 5.42. The molecule has 14 heavy (non-hydrogen) atoms. The number of hydrogen-bond acceptors (Lipinski definition) is 3. The molecular weight excluding hydrogens is 261 g/mol. The van der Waals surface area contributed by atoms with E-state index in [0.29, 0.717) is 6.42 Å². The molecule has 0 aromatic rings. The van der Waals surface area contributed by atoms with Crippen molar-refractivity contribution in [3.05, 3.63) is 14.4 Å². The summed E-state index contributed by atoms with van der Waals surface area (Å²) in [6, 6.07) is 0. The van der Waals surface area contributed by atoms with Gasteiger partial charge in [-0.15, -0.1) is 0 Å². The van der Waals surface area contributed by atoms with Crippen LogP contribution in [0.15, 0.2) is 0 Å². The van der Waals surface area contributed by atoms with Crippen molar-refractivity contribution in [2.24, 2.45) is 5.41 Å². The zero-order valence-corrected chi connectivity index (χ0v) is 11.7. The second kappa shape index (κ2) is 8.24. The van der Waals surface area contributed by atoms with Crippen LogP contribution in [0.3, 0.4) is 0 Å². The van der Waals surface area contributed by atoms with Crippen LogP contribution >= 0.6 is 0 Å². The van der Waals surface area contributed by atoms with E-state index in [4.69, 9.17) is 5.11 Å². The Morgan fingerprint density at radius 2 is 1.93 bits per heavy atom. The average molecular weight is 277 g/mol. The van der Waals surface area contributed by atoms with Crippen molar-refractivity contribution in [2.75, 3.05) is 6.61 Å². The number of carboxylic acid groups (broad SMARTS) is 1. The smallest absolute Gasteiger partial charge is 0.312 e. The number of carbonyl (C=O) groups is 2. The molecule has 1 N–H and O–H groups in total. The first-order valence-corrected chi connectivity index (χ1v) is 3.64. The number of esters is 1. The molecule has 1 atom stereocenters. The van der Waals surface area contributed by atoms with E-state index >= 15 is 0 Å². The molecule has 0 bridgehead atoms. The summed E-state index contributed by atoms with van der Waals surface area (Å²) in [4.78, 5) is 21.0.